The second-order valence-electron chi connectivity index (χ2n) is 10.1. The highest BCUT2D eigenvalue weighted by molar-refractivity contribution is 5.51. The lowest BCUT2D eigenvalue weighted by Gasteiger charge is -2.37. The number of aryl methyl sites for hydroxylation is 2. The van der Waals surface area contributed by atoms with Gasteiger partial charge in [0.1, 0.15) is 11.2 Å². The molecule has 0 bridgehead atoms. The number of aliphatic hydroxyl groups is 1. The maximum Gasteiger partial charge on any atom is 0.192 e. The molecule has 6 rings (SSSR count). The minimum atomic E-state index is -1.67. The highest BCUT2D eigenvalue weighted by Gasteiger charge is 2.43. The fraction of sp³-hybridized carbons (Fsp3) is 0.114. The number of pyridine rings is 2. The zero-order chi connectivity index (χ0) is 27.6. The molecule has 1 N–H and O–H groups in total. The third-order valence-corrected chi connectivity index (χ3v) is 7.49. The predicted octanol–water partition coefficient (Wildman–Crippen LogP) is 6.41. The van der Waals surface area contributed by atoms with Crippen molar-refractivity contribution in [2.45, 2.75) is 25.0 Å². The van der Waals surface area contributed by atoms with Gasteiger partial charge >= 0.3 is 0 Å². The largest absolute Gasteiger partial charge is 0.372 e. The van der Waals surface area contributed by atoms with E-state index in [1.165, 1.54) is 0 Å². The van der Waals surface area contributed by atoms with Gasteiger partial charge in [-0.2, -0.15) is 0 Å². The van der Waals surface area contributed by atoms with Gasteiger partial charge in [-0.1, -0.05) is 91.0 Å². The summed E-state index contributed by atoms with van der Waals surface area (Å²) >= 11 is 0. The van der Waals surface area contributed by atoms with Crippen molar-refractivity contribution in [1.29, 1.82) is 0 Å². The van der Waals surface area contributed by atoms with Crippen LogP contribution in [0, 0.1) is 13.8 Å². The summed E-state index contributed by atoms with van der Waals surface area (Å²) in [6.07, 6.45) is 7.16. The van der Waals surface area contributed by atoms with Crippen molar-refractivity contribution in [2.75, 3.05) is 0 Å². The lowest BCUT2D eigenvalue weighted by atomic mass is 9.76. The van der Waals surface area contributed by atoms with Gasteiger partial charge < -0.3 is 9.67 Å². The monoisotopic (exact) mass is 522 g/mol. The van der Waals surface area contributed by atoms with Crippen molar-refractivity contribution in [3.63, 3.8) is 0 Å². The van der Waals surface area contributed by atoms with Crippen LogP contribution in [-0.2, 0) is 11.1 Å². The smallest absolute Gasteiger partial charge is 0.192 e. The number of aromatic nitrogens is 4. The van der Waals surface area contributed by atoms with E-state index in [-0.39, 0.29) is 0 Å². The van der Waals surface area contributed by atoms with E-state index in [4.69, 9.17) is 4.98 Å². The molecule has 0 fully saturated rings. The standard InChI is InChI=1S/C35H30N4O/c1-26-18-20-36-31(22-26)35(40,32-23-27(2)19-21-37-32)33-24-39(25-38-33)34(28-12-6-3-7-13-28,29-14-8-4-9-15-29)30-16-10-5-11-17-30/h3-25,40H,1-2H3. The summed E-state index contributed by atoms with van der Waals surface area (Å²) in [7, 11) is 0. The second kappa shape index (κ2) is 10.4. The topological polar surface area (TPSA) is 63.8 Å². The lowest BCUT2D eigenvalue weighted by molar-refractivity contribution is 0.111. The highest BCUT2D eigenvalue weighted by Crippen LogP contribution is 2.42. The van der Waals surface area contributed by atoms with E-state index >= 15 is 0 Å². The fourth-order valence-electron chi connectivity index (χ4n) is 5.54. The Labute approximate surface area is 234 Å². The van der Waals surface area contributed by atoms with Crippen LogP contribution < -0.4 is 0 Å². The van der Waals surface area contributed by atoms with Crippen molar-refractivity contribution in [2.24, 2.45) is 0 Å². The van der Waals surface area contributed by atoms with Gasteiger partial charge in [0.2, 0.25) is 0 Å². The molecular formula is C35H30N4O. The molecule has 3 heterocycles. The van der Waals surface area contributed by atoms with Gasteiger partial charge in [0.25, 0.3) is 0 Å². The van der Waals surface area contributed by atoms with Gasteiger partial charge in [-0.25, -0.2) is 4.98 Å². The minimum absolute atomic E-state index is 0.441. The van der Waals surface area contributed by atoms with Crippen molar-refractivity contribution >= 4 is 0 Å². The molecule has 0 aliphatic carbocycles. The SMILES string of the molecule is Cc1ccnc(C(O)(c2cc(C)ccn2)c2cn(C(c3ccccc3)(c3ccccc3)c3ccccc3)cn2)c1. The number of rotatable bonds is 7. The average molecular weight is 523 g/mol. The Morgan fingerprint density at radius 1 is 0.550 bits per heavy atom. The summed E-state index contributed by atoms with van der Waals surface area (Å²) in [6, 6.07) is 38.8. The van der Waals surface area contributed by atoms with E-state index in [2.05, 4.69) is 87.3 Å². The first-order valence-electron chi connectivity index (χ1n) is 13.3. The Morgan fingerprint density at radius 2 is 0.975 bits per heavy atom. The van der Waals surface area contributed by atoms with Gasteiger partial charge in [0, 0.05) is 18.6 Å². The van der Waals surface area contributed by atoms with Gasteiger partial charge in [-0.3, -0.25) is 9.97 Å². The van der Waals surface area contributed by atoms with Crippen molar-refractivity contribution in [3.8, 4) is 0 Å². The van der Waals surface area contributed by atoms with E-state index < -0.39 is 11.1 Å². The Morgan fingerprint density at radius 3 is 1.38 bits per heavy atom. The molecule has 0 radical (unpaired) electrons. The van der Waals surface area contributed by atoms with Crippen LogP contribution >= 0.6 is 0 Å². The van der Waals surface area contributed by atoms with Gasteiger partial charge in [0.05, 0.1) is 17.7 Å². The van der Waals surface area contributed by atoms with Crippen LogP contribution in [0.1, 0.15) is 44.9 Å². The van der Waals surface area contributed by atoms with Gasteiger partial charge in [-0.15, -0.1) is 0 Å². The normalized spacial score (nSPS) is 11.9. The average Bonchev–Trinajstić information content (AvgIpc) is 3.50. The maximum atomic E-state index is 12.6. The van der Waals surface area contributed by atoms with Crippen molar-refractivity contribution in [3.05, 3.63) is 185 Å². The van der Waals surface area contributed by atoms with E-state index in [9.17, 15) is 5.11 Å². The third-order valence-electron chi connectivity index (χ3n) is 7.49. The van der Waals surface area contributed by atoms with Gasteiger partial charge in [0.15, 0.2) is 5.60 Å². The van der Waals surface area contributed by atoms with E-state index in [1.54, 1.807) is 18.7 Å². The van der Waals surface area contributed by atoms with Crippen LogP contribution in [0.15, 0.2) is 140 Å². The molecule has 40 heavy (non-hydrogen) atoms. The van der Waals surface area contributed by atoms with Crippen LogP contribution in [0.3, 0.4) is 0 Å². The highest BCUT2D eigenvalue weighted by atomic mass is 16.3. The quantitative estimate of drug-likeness (QED) is 0.246. The molecule has 6 aromatic rings. The third kappa shape index (κ3) is 4.21. The molecule has 0 unspecified atom stereocenters. The van der Waals surface area contributed by atoms with Crippen molar-refractivity contribution < 1.29 is 5.11 Å². The van der Waals surface area contributed by atoms with Crippen LogP contribution in [0.2, 0.25) is 0 Å². The zero-order valence-corrected chi connectivity index (χ0v) is 22.5. The summed E-state index contributed by atoms with van der Waals surface area (Å²) in [5, 5.41) is 12.6. The van der Waals surface area contributed by atoms with E-state index in [0.717, 1.165) is 27.8 Å². The molecule has 3 aromatic carbocycles. The summed E-state index contributed by atoms with van der Waals surface area (Å²) in [5.41, 5.74) is 4.16. The first kappa shape index (κ1) is 25.4. The molecule has 5 nitrogen and oxygen atoms in total. The van der Waals surface area contributed by atoms with Crippen molar-refractivity contribution in [1.82, 2.24) is 19.5 Å². The molecule has 0 saturated heterocycles. The molecular weight excluding hydrogens is 492 g/mol. The molecule has 0 aliphatic heterocycles. The van der Waals surface area contributed by atoms with Gasteiger partial charge in [-0.05, 0) is 65.9 Å². The molecule has 5 heteroatoms. The maximum absolute atomic E-state index is 12.6. The Hall–Kier alpha value is -4.87. The van der Waals surface area contributed by atoms with Crippen LogP contribution in [-0.4, -0.2) is 24.6 Å². The molecule has 3 aromatic heterocycles. The van der Waals surface area contributed by atoms with Crippen LogP contribution in [0.4, 0.5) is 0 Å². The number of benzene rings is 3. The second-order valence-corrected chi connectivity index (χ2v) is 10.1. The number of imidazole rings is 1. The number of hydrogen-bond donors (Lipinski definition) is 1. The first-order chi connectivity index (χ1) is 19.5. The zero-order valence-electron chi connectivity index (χ0n) is 22.5. The minimum Gasteiger partial charge on any atom is -0.372 e. The Bertz CT molecular complexity index is 1590. The molecule has 0 atom stereocenters. The van der Waals surface area contributed by atoms with Crippen LogP contribution in [0.25, 0.3) is 0 Å². The summed E-state index contributed by atoms with van der Waals surface area (Å²) in [6.45, 7) is 3.97. The summed E-state index contributed by atoms with van der Waals surface area (Å²) in [5.74, 6) is 0. The molecule has 196 valence electrons. The molecule has 0 spiro atoms. The Balaban J connectivity index is 1.65. The lowest BCUT2D eigenvalue weighted by Crippen LogP contribution is -2.37. The summed E-state index contributed by atoms with van der Waals surface area (Å²) in [4.78, 5) is 14.1. The summed E-state index contributed by atoms with van der Waals surface area (Å²) < 4.78 is 2.10. The number of hydrogen-bond acceptors (Lipinski definition) is 4. The van der Waals surface area contributed by atoms with E-state index in [1.807, 2.05) is 62.5 Å². The molecule has 0 saturated carbocycles. The first-order valence-corrected chi connectivity index (χ1v) is 13.3. The van der Waals surface area contributed by atoms with E-state index in [0.29, 0.717) is 17.1 Å². The number of nitrogens with zero attached hydrogens (tertiary/aromatic N) is 4. The predicted molar refractivity (Wildman–Crippen MR) is 157 cm³/mol. The molecule has 0 amide bonds. The fourth-order valence-corrected chi connectivity index (χ4v) is 5.54. The van der Waals surface area contributed by atoms with Crippen LogP contribution in [0.5, 0.6) is 0 Å². The molecule has 0 aliphatic rings. The Kier molecular flexibility index (Phi) is 6.58.